The number of aromatic nitrogens is 2. The number of nitrogens with zero attached hydrogens (tertiary/aromatic N) is 3. The summed E-state index contributed by atoms with van der Waals surface area (Å²) in [6.45, 7) is 5.23. The van der Waals surface area contributed by atoms with Crippen LogP contribution in [0.15, 0.2) is 24.5 Å². The number of aryl methyl sites for hydroxylation is 1. The highest BCUT2D eigenvalue weighted by Crippen LogP contribution is 2.21. The van der Waals surface area contributed by atoms with Crippen molar-refractivity contribution in [3.05, 3.63) is 47.0 Å². The lowest BCUT2D eigenvalue weighted by Gasteiger charge is -2.09. The predicted octanol–water partition coefficient (Wildman–Crippen LogP) is 3.22. The lowest BCUT2D eigenvalue weighted by atomic mass is 10.1. The molecule has 4 nitrogen and oxygen atoms in total. The molecule has 0 fully saturated rings. The van der Waals surface area contributed by atoms with Gasteiger partial charge in [0.2, 0.25) is 0 Å². The Hall–Kier alpha value is -2.35. The van der Waals surface area contributed by atoms with Crippen molar-refractivity contribution in [1.29, 1.82) is 5.26 Å². The summed E-state index contributed by atoms with van der Waals surface area (Å²) in [5, 5.41) is 16.3. The maximum absolute atomic E-state index is 13.6. The molecule has 0 saturated carbocycles. The van der Waals surface area contributed by atoms with Gasteiger partial charge in [-0.05, 0) is 25.5 Å². The smallest absolute Gasteiger partial charge is 0.129 e. The monoisotopic (exact) mass is 272 g/mol. The molecule has 20 heavy (non-hydrogen) atoms. The Morgan fingerprint density at radius 2 is 2.25 bits per heavy atom. The topological polar surface area (TPSA) is 53.6 Å². The Bertz CT molecular complexity index is 640. The fourth-order valence-corrected chi connectivity index (χ4v) is 1.97. The summed E-state index contributed by atoms with van der Waals surface area (Å²) in [5.74, 6) is -0.367. The van der Waals surface area contributed by atoms with E-state index in [1.165, 1.54) is 6.07 Å². The first kappa shape index (κ1) is 14.1. The zero-order chi connectivity index (χ0) is 14.5. The van der Waals surface area contributed by atoms with Crippen LogP contribution in [0.4, 0.5) is 10.1 Å². The van der Waals surface area contributed by atoms with E-state index in [1.54, 1.807) is 19.2 Å². The van der Waals surface area contributed by atoms with E-state index >= 15 is 0 Å². The Morgan fingerprint density at radius 1 is 1.45 bits per heavy atom. The number of hydrogen-bond acceptors (Lipinski definition) is 3. The summed E-state index contributed by atoms with van der Waals surface area (Å²) < 4.78 is 15.5. The van der Waals surface area contributed by atoms with Gasteiger partial charge in [-0.15, -0.1) is 0 Å². The van der Waals surface area contributed by atoms with Crippen molar-refractivity contribution in [1.82, 2.24) is 9.78 Å². The number of nitrogens with one attached hydrogen (secondary N) is 1. The van der Waals surface area contributed by atoms with E-state index in [-0.39, 0.29) is 5.82 Å². The minimum Gasteiger partial charge on any atom is -0.381 e. The largest absolute Gasteiger partial charge is 0.381 e. The summed E-state index contributed by atoms with van der Waals surface area (Å²) in [5.41, 5.74) is 2.51. The molecule has 0 unspecified atom stereocenters. The van der Waals surface area contributed by atoms with Crippen LogP contribution in [-0.2, 0) is 13.1 Å². The number of rotatable bonds is 5. The fraction of sp³-hybridized carbons (Fsp3) is 0.333. The minimum atomic E-state index is -0.367. The van der Waals surface area contributed by atoms with Crippen LogP contribution in [0.1, 0.15) is 30.0 Å². The summed E-state index contributed by atoms with van der Waals surface area (Å²) in [6.07, 6.45) is 4.79. The highest BCUT2D eigenvalue weighted by atomic mass is 19.1. The van der Waals surface area contributed by atoms with Gasteiger partial charge in [-0.2, -0.15) is 10.4 Å². The normalized spacial score (nSPS) is 10.3. The van der Waals surface area contributed by atoms with E-state index in [2.05, 4.69) is 17.3 Å². The summed E-state index contributed by atoms with van der Waals surface area (Å²) in [7, 11) is 0. The van der Waals surface area contributed by atoms with E-state index in [0.717, 1.165) is 18.5 Å². The van der Waals surface area contributed by atoms with Crippen molar-refractivity contribution in [2.75, 3.05) is 5.32 Å². The first-order chi connectivity index (χ1) is 9.63. The molecule has 104 valence electrons. The van der Waals surface area contributed by atoms with Gasteiger partial charge >= 0.3 is 0 Å². The third-order valence-electron chi connectivity index (χ3n) is 3.10. The Morgan fingerprint density at radius 3 is 2.95 bits per heavy atom. The quantitative estimate of drug-likeness (QED) is 0.909. The average Bonchev–Trinajstić information content (AvgIpc) is 2.88. The van der Waals surface area contributed by atoms with Crippen molar-refractivity contribution >= 4 is 5.69 Å². The van der Waals surface area contributed by atoms with Crippen molar-refractivity contribution in [3.8, 4) is 6.07 Å². The average molecular weight is 272 g/mol. The SMILES string of the molecule is CCCn1cc(CNc2cc(C#N)cc(F)c2C)cn1. The van der Waals surface area contributed by atoms with Crippen molar-refractivity contribution in [3.63, 3.8) is 0 Å². The molecule has 0 aliphatic rings. The molecule has 2 rings (SSSR count). The number of hydrogen-bond donors (Lipinski definition) is 1. The third-order valence-corrected chi connectivity index (χ3v) is 3.10. The predicted molar refractivity (Wildman–Crippen MR) is 75.7 cm³/mol. The van der Waals surface area contributed by atoms with Crippen molar-refractivity contribution < 1.29 is 4.39 Å². The fourth-order valence-electron chi connectivity index (χ4n) is 1.97. The van der Waals surface area contributed by atoms with Crippen LogP contribution in [0.2, 0.25) is 0 Å². The molecule has 0 amide bonds. The molecule has 0 saturated heterocycles. The highest BCUT2D eigenvalue weighted by Gasteiger charge is 2.07. The Labute approximate surface area is 117 Å². The summed E-state index contributed by atoms with van der Waals surface area (Å²) >= 11 is 0. The lowest BCUT2D eigenvalue weighted by molar-refractivity contribution is 0.602. The second-order valence-corrected chi connectivity index (χ2v) is 4.71. The molecule has 0 radical (unpaired) electrons. The molecular formula is C15H17FN4. The van der Waals surface area contributed by atoms with E-state index in [0.29, 0.717) is 23.4 Å². The second kappa shape index (κ2) is 6.20. The number of nitriles is 1. The van der Waals surface area contributed by atoms with Crippen LogP contribution in [-0.4, -0.2) is 9.78 Å². The van der Waals surface area contributed by atoms with E-state index in [1.807, 2.05) is 16.9 Å². The molecule has 1 aromatic carbocycles. The first-order valence-corrected chi connectivity index (χ1v) is 6.59. The molecule has 0 atom stereocenters. The van der Waals surface area contributed by atoms with Gasteiger partial charge in [-0.1, -0.05) is 6.92 Å². The van der Waals surface area contributed by atoms with Gasteiger partial charge in [0, 0.05) is 36.1 Å². The van der Waals surface area contributed by atoms with Crippen LogP contribution in [0.25, 0.3) is 0 Å². The van der Waals surface area contributed by atoms with Gasteiger partial charge in [0.1, 0.15) is 5.82 Å². The van der Waals surface area contributed by atoms with Crippen LogP contribution < -0.4 is 5.32 Å². The highest BCUT2D eigenvalue weighted by molar-refractivity contribution is 5.56. The molecule has 1 aromatic heterocycles. The van der Waals surface area contributed by atoms with Gasteiger partial charge in [0.25, 0.3) is 0 Å². The minimum absolute atomic E-state index is 0.317. The third kappa shape index (κ3) is 3.15. The van der Waals surface area contributed by atoms with E-state index in [4.69, 9.17) is 5.26 Å². The van der Waals surface area contributed by atoms with Crippen molar-refractivity contribution in [2.24, 2.45) is 0 Å². The summed E-state index contributed by atoms with van der Waals surface area (Å²) in [6, 6.07) is 4.87. The van der Waals surface area contributed by atoms with Gasteiger partial charge in [-0.25, -0.2) is 4.39 Å². The maximum Gasteiger partial charge on any atom is 0.129 e. The number of anilines is 1. The van der Waals surface area contributed by atoms with Crippen molar-refractivity contribution in [2.45, 2.75) is 33.4 Å². The standard InChI is InChI=1S/C15H17FN4/c1-3-4-20-10-13(9-19-20)8-18-15-6-12(7-17)5-14(16)11(15)2/h5-6,9-10,18H,3-4,8H2,1-2H3. The molecule has 0 aliphatic carbocycles. The molecule has 0 spiro atoms. The second-order valence-electron chi connectivity index (χ2n) is 4.71. The molecular weight excluding hydrogens is 255 g/mol. The van der Waals surface area contributed by atoms with Crippen LogP contribution in [0.5, 0.6) is 0 Å². The van der Waals surface area contributed by atoms with Gasteiger partial charge in [0.05, 0.1) is 17.8 Å². The summed E-state index contributed by atoms with van der Waals surface area (Å²) in [4.78, 5) is 0. The van der Waals surface area contributed by atoms with Gasteiger partial charge < -0.3 is 5.32 Å². The molecule has 2 aromatic rings. The molecule has 0 bridgehead atoms. The molecule has 1 heterocycles. The molecule has 0 aliphatic heterocycles. The van der Waals surface area contributed by atoms with Crippen LogP contribution in [0, 0.1) is 24.1 Å². The Balaban J connectivity index is 2.10. The zero-order valence-corrected chi connectivity index (χ0v) is 11.7. The van der Waals surface area contributed by atoms with E-state index in [9.17, 15) is 4.39 Å². The first-order valence-electron chi connectivity index (χ1n) is 6.59. The van der Waals surface area contributed by atoms with Gasteiger partial charge in [0.15, 0.2) is 0 Å². The zero-order valence-electron chi connectivity index (χ0n) is 11.7. The van der Waals surface area contributed by atoms with E-state index < -0.39 is 0 Å². The molecule has 5 heteroatoms. The number of benzene rings is 1. The Kier molecular flexibility index (Phi) is 4.36. The van der Waals surface area contributed by atoms with Crippen LogP contribution in [0.3, 0.4) is 0 Å². The lowest BCUT2D eigenvalue weighted by Crippen LogP contribution is -2.02. The maximum atomic E-state index is 13.6. The number of halogens is 1. The van der Waals surface area contributed by atoms with Crippen LogP contribution >= 0.6 is 0 Å². The van der Waals surface area contributed by atoms with Gasteiger partial charge in [-0.3, -0.25) is 4.68 Å². The molecule has 1 N–H and O–H groups in total.